The number of fused-ring (bicyclic) bond motifs is 2. The van der Waals surface area contributed by atoms with Crippen molar-refractivity contribution in [1.82, 2.24) is 19.7 Å². The first-order chi connectivity index (χ1) is 15.6. The third kappa shape index (κ3) is 4.14. The molecule has 2 aromatic heterocycles. The largest absolute Gasteiger partial charge is 0.486 e. The number of halogens is 1. The lowest BCUT2D eigenvalue weighted by Gasteiger charge is -2.18. The molecule has 5 rings (SSSR count). The van der Waals surface area contributed by atoms with Crippen molar-refractivity contribution in [3.63, 3.8) is 0 Å². The van der Waals surface area contributed by atoms with Crippen LogP contribution < -0.4 is 20.3 Å². The molecule has 2 aromatic carbocycles. The van der Waals surface area contributed by atoms with Crippen LogP contribution in [0, 0.1) is 0 Å². The number of carbonyl (C=O) groups is 1. The number of benzene rings is 2. The van der Waals surface area contributed by atoms with Crippen molar-refractivity contribution in [1.29, 1.82) is 0 Å². The molecular weight excluding hydrogens is 454 g/mol. The van der Waals surface area contributed by atoms with E-state index in [0.29, 0.717) is 51.6 Å². The summed E-state index contributed by atoms with van der Waals surface area (Å²) in [6.45, 7) is 0.968. The molecule has 162 valence electrons. The third-order valence-electron chi connectivity index (χ3n) is 4.65. The summed E-state index contributed by atoms with van der Waals surface area (Å²) >= 11 is 7.07. The highest BCUT2D eigenvalue weighted by Crippen LogP contribution is 2.32. The van der Waals surface area contributed by atoms with Crippen LogP contribution in [0.4, 0.5) is 5.69 Å². The molecule has 0 fully saturated rings. The average molecular weight is 470 g/mol. The van der Waals surface area contributed by atoms with Crippen LogP contribution in [0.1, 0.15) is 0 Å². The van der Waals surface area contributed by atoms with Crippen LogP contribution in [0.25, 0.3) is 16.7 Å². The molecule has 0 atom stereocenters. The van der Waals surface area contributed by atoms with Crippen LogP contribution in [0.3, 0.4) is 0 Å². The van der Waals surface area contributed by atoms with Gasteiger partial charge in [-0.05, 0) is 36.4 Å². The van der Waals surface area contributed by atoms with Gasteiger partial charge in [-0.2, -0.15) is 5.10 Å². The highest BCUT2D eigenvalue weighted by molar-refractivity contribution is 7.99. The van der Waals surface area contributed by atoms with Gasteiger partial charge in [0, 0.05) is 16.8 Å². The number of amides is 1. The van der Waals surface area contributed by atoms with Crippen molar-refractivity contribution in [2.75, 3.05) is 24.3 Å². The summed E-state index contributed by atoms with van der Waals surface area (Å²) in [7, 11) is 0. The average Bonchev–Trinajstić information content (AvgIpc) is 3.23. The number of nitrogens with zero attached hydrogens (tertiary/aromatic N) is 3. The van der Waals surface area contributed by atoms with Gasteiger partial charge in [0.05, 0.1) is 17.6 Å². The van der Waals surface area contributed by atoms with Crippen LogP contribution in [0.15, 0.2) is 58.6 Å². The Bertz CT molecular complexity index is 1370. The standard InChI is InChI=1S/C21H16ClN5O4S/c22-12-1-4-14(5-2-12)27-19-15(10-23-27)20(29)26-21(25-19)32-11-18(28)24-13-3-6-16-17(9-13)31-8-7-30-16/h1-6,9-10H,7-8,11H2,(H,24,28)(H,25,26,29). The van der Waals surface area contributed by atoms with Crippen LogP contribution in [-0.4, -0.2) is 44.6 Å². The quantitative estimate of drug-likeness (QED) is 0.341. The van der Waals surface area contributed by atoms with Gasteiger partial charge in [0.2, 0.25) is 5.91 Å². The zero-order chi connectivity index (χ0) is 22.1. The van der Waals surface area contributed by atoms with Gasteiger partial charge in [0.25, 0.3) is 5.56 Å². The lowest BCUT2D eigenvalue weighted by molar-refractivity contribution is -0.113. The molecule has 0 spiro atoms. The maximum Gasteiger partial charge on any atom is 0.262 e. The molecule has 0 radical (unpaired) electrons. The number of H-pyrrole nitrogens is 1. The molecule has 0 saturated heterocycles. The molecule has 9 nitrogen and oxygen atoms in total. The SMILES string of the molecule is O=C(CSc1nc2c(cnn2-c2ccc(Cl)cc2)c(=O)[nH]1)Nc1ccc2c(c1)OCCO2. The van der Waals surface area contributed by atoms with E-state index in [2.05, 4.69) is 20.4 Å². The molecule has 3 heterocycles. The number of rotatable bonds is 5. The molecule has 11 heteroatoms. The van der Waals surface area contributed by atoms with E-state index in [4.69, 9.17) is 21.1 Å². The van der Waals surface area contributed by atoms with Crippen molar-refractivity contribution >= 4 is 46.0 Å². The molecule has 1 aliphatic heterocycles. The summed E-state index contributed by atoms with van der Waals surface area (Å²) in [5.74, 6) is 1.04. The number of anilines is 1. The van der Waals surface area contributed by atoms with Gasteiger partial charge in [-0.15, -0.1) is 0 Å². The summed E-state index contributed by atoms with van der Waals surface area (Å²) in [4.78, 5) is 32.1. The number of carbonyl (C=O) groups excluding carboxylic acids is 1. The smallest absolute Gasteiger partial charge is 0.262 e. The van der Waals surface area contributed by atoms with Crippen molar-refractivity contribution in [2.45, 2.75) is 5.16 Å². The minimum Gasteiger partial charge on any atom is -0.486 e. The number of hydrogen-bond donors (Lipinski definition) is 2. The lowest BCUT2D eigenvalue weighted by Crippen LogP contribution is -2.17. The molecule has 0 saturated carbocycles. The van der Waals surface area contributed by atoms with Gasteiger partial charge >= 0.3 is 0 Å². The summed E-state index contributed by atoms with van der Waals surface area (Å²) in [6, 6.07) is 12.2. The molecule has 0 unspecified atom stereocenters. The lowest BCUT2D eigenvalue weighted by atomic mass is 10.2. The van der Waals surface area contributed by atoms with Gasteiger partial charge in [0.15, 0.2) is 22.3 Å². The zero-order valence-electron chi connectivity index (χ0n) is 16.5. The second kappa shape index (κ2) is 8.56. The summed E-state index contributed by atoms with van der Waals surface area (Å²) in [5, 5.41) is 8.33. The normalized spacial score (nSPS) is 12.7. The second-order valence-corrected chi connectivity index (χ2v) is 8.24. The van der Waals surface area contributed by atoms with Gasteiger partial charge in [0.1, 0.15) is 18.6 Å². The number of nitrogens with one attached hydrogen (secondary N) is 2. The monoisotopic (exact) mass is 469 g/mol. The van der Waals surface area contributed by atoms with Crippen molar-refractivity contribution in [2.24, 2.45) is 0 Å². The summed E-state index contributed by atoms with van der Waals surface area (Å²) in [5.41, 5.74) is 1.38. The Hall–Kier alpha value is -3.50. The fourth-order valence-corrected chi connectivity index (χ4v) is 3.97. The van der Waals surface area contributed by atoms with E-state index in [1.807, 2.05) is 0 Å². The Balaban J connectivity index is 1.32. The Morgan fingerprint density at radius 1 is 1.16 bits per heavy atom. The van der Waals surface area contributed by atoms with Crippen molar-refractivity contribution < 1.29 is 14.3 Å². The first kappa shape index (κ1) is 20.4. The molecule has 32 heavy (non-hydrogen) atoms. The fraction of sp³-hybridized carbons (Fsp3) is 0.143. The van der Waals surface area contributed by atoms with E-state index in [-0.39, 0.29) is 17.2 Å². The van der Waals surface area contributed by atoms with Crippen molar-refractivity contribution in [3.05, 3.63) is 64.0 Å². The molecule has 2 N–H and O–H groups in total. The van der Waals surface area contributed by atoms with E-state index in [1.54, 1.807) is 47.1 Å². The highest BCUT2D eigenvalue weighted by atomic mass is 35.5. The molecule has 0 aliphatic carbocycles. The predicted molar refractivity (Wildman–Crippen MR) is 121 cm³/mol. The van der Waals surface area contributed by atoms with E-state index in [1.165, 1.54) is 6.20 Å². The summed E-state index contributed by atoms with van der Waals surface area (Å²) < 4.78 is 12.6. The molecule has 4 aromatic rings. The number of aromatic nitrogens is 4. The van der Waals surface area contributed by atoms with E-state index < -0.39 is 0 Å². The zero-order valence-corrected chi connectivity index (χ0v) is 18.1. The van der Waals surface area contributed by atoms with Gasteiger partial charge in [-0.1, -0.05) is 23.4 Å². The fourth-order valence-electron chi connectivity index (χ4n) is 3.19. The van der Waals surface area contributed by atoms with Gasteiger partial charge in [-0.3, -0.25) is 9.59 Å². The Morgan fingerprint density at radius 3 is 2.75 bits per heavy atom. The van der Waals surface area contributed by atoms with Crippen molar-refractivity contribution in [3.8, 4) is 17.2 Å². The molecule has 1 aliphatic rings. The van der Waals surface area contributed by atoms with E-state index in [0.717, 1.165) is 17.4 Å². The minimum absolute atomic E-state index is 0.0535. The number of hydrogen-bond acceptors (Lipinski definition) is 7. The first-order valence-electron chi connectivity index (χ1n) is 9.63. The highest BCUT2D eigenvalue weighted by Gasteiger charge is 2.15. The van der Waals surface area contributed by atoms with Crippen LogP contribution in [-0.2, 0) is 4.79 Å². The van der Waals surface area contributed by atoms with Gasteiger partial charge < -0.3 is 19.8 Å². The predicted octanol–water partition coefficient (Wildman–Crippen LogP) is 3.26. The number of ether oxygens (including phenoxy) is 2. The van der Waals surface area contributed by atoms with Gasteiger partial charge in [-0.25, -0.2) is 9.67 Å². The van der Waals surface area contributed by atoms with E-state index >= 15 is 0 Å². The van der Waals surface area contributed by atoms with Crippen LogP contribution in [0.2, 0.25) is 5.02 Å². The Labute approximate surface area is 190 Å². The molecule has 0 bridgehead atoms. The second-order valence-electron chi connectivity index (χ2n) is 6.84. The first-order valence-corrected chi connectivity index (χ1v) is 11.0. The third-order valence-corrected chi connectivity index (χ3v) is 5.78. The topological polar surface area (TPSA) is 111 Å². The minimum atomic E-state index is -0.329. The molecule has 1 amide bonds. The van der Waals surface area contributed by atoms with Crippen LogP contribution in [0.5, 0.6) is 11.5 Å². The number of thioether (sulfide) groups is 1. The maximum absolute atomic E-state index is 12.5. The number of aromatic amines is 1. The molecular formula is C21H16ClN5O4S. The maximum atomic E-state index is 12.5. The Kier molecular flexibility index (Phi) is 5.46. The van der Waals surface area contributed by atoms with Crippen LogP contribution >= 0.6 is 23.4 Å². The summed E-state index contributed by atoms with van der Waals surface area (Å²) in [6.07, 6.45) is 1.46. The Morgan fingerprint density at radius 2 is 1.94 bits per heavy atom. The van der Waals surface area contributed by atoms with E-state index in [9.17, 15) is 9.59 Å².